The van der Waals surface area contributed by atoms with Gasteiger partial charge in [-0.25, -0.2) is 0 Å². The van der Waals surface area contributed by atoms with Crippen LogP contribution in [0.1, 0.15) is 10.5 Å². The summed E-state index contributed by atoms with van der Waals surface area (Å²) in [4.78, 5) is 12.0. The van der Waals surface area contributed by atoms with Crippen LogP contribution in [-0.2, 0) is 0 Å². The van der Waals surface area contributed by atoms with E-state index in [1.165, 1.54) is 0 Å². The monoisotopic (exact) mass is 308 g/mol. The van der Waals surface area contributed by atoms with Gasteiger partial charge in [0.15, 0.2) is 11.5 Å². The minimum absolute atomic E-state index is 0.253. The van der Waals surface area contributed by atoms with Gasteiger partial charge in [0.1, 0.15) is 12.4 Å². The Morgan fingerprint density at radius 3 is 2.48 bits per heavy atom. The number of nitrogens with zero attached hydrogens (tertiary/aromatic N) is 1. The Balaban J connectivity index is 1.50. The molecule has 0 bridgehead atoms. The number of ether oxygens (including phenoxy) is 1. The Kier molecular flexibility index (Phi) is 4.69. The summed E-state index contributed by atoms with van der Waals surface area (Å²) in [7, 11) is 0. The molecule has 0 aliphatic rings. The number of aromatic nitrogens is 1. The molecule has 116 valence electrons. The zero-order valence-corrected chi connectivity index (χ0v) is 12.4. The van der Waals surface area contributed by atoms with Crippen LogP contribution in [0.3, 0.4) is 0 Å². The molecule has 0 atom stereocenters. The normalized spacial score (nSPS) is 10.3. The molecule has 1 amide bonds. The molecular weight excluding hydrogens is 292 g/mol. The van der Waals surface area contributed by atoms with Gasteiger partial charge in [0.2, 0.25) is 0 Å². The van der Waals surface area contributed by atoms with Crippen molar-refractivity contribution < 1.29 is 14.1 Å². The summed E-state index contributed by atoms with van der Waals surface area (Å²) in [5.41, 5.74) is 1.13. The maximum absolute atomic E-state index is 12.0. The second kappa shape index (κ2) is 7.26. The standard InChI is InChI=1S/C18H16N2O3/c21-18(19-11-12-22-15-9-5-2-6-10-15)16-13-17(23-20-16)14-7-3-1-4-8-14/h1-10,13H,11-12H2,(H,19,21). The summed E-state index contributed by atoms with van der Waals surface area (Å²) in [5, 5.41) is 6.55. The largest absolute Gasteiger partial charge is 0.492 e. The van der Waals surface area contributed by atoms with Crippen LogP contribution < -0.4 is 10.1 Å². The van der Waals surface area contributed by atoms with E-state index in [2.05, 4.69) is 10.5 Å². The fourth-order valence-electron chi connectivity index (χ4n) is 2.06. The van der Waals surface area contributed by atoms with Crippen LogP contribution in [0.25, 0.3) is 11.3 Å². The number of amides is 1. The number of para-hydroxylation sites is 1. The van der Waals surface area contributed by atoms with E-state index in [0.29, 0.717) is 18.9 Å². The lowest BCUT2D eigenvalue weighted by Gasteiger charge is -2.06. The van der Waals surface area contributed by atoms with E-state index in [0.717, 1.165) is 11.3 Å². The van der Waals surface area contributed by atoms with Gasteiger partial charge in [-0.05, 0) is 12.1 Å². The van der Waals surface area contributed by atoms with Gasteiger partial charge in [-0.3, -0.25) is 4.79 Å². The number of hydrogen-bond acceptors (Lipinski definition) is 4. The van der Waals surface area contributed by atoms with Crippen molar-refractivity contribution in [3.63, 3.8) is 0 Å². The Hall–Kier alpha value is -3.08. The molecule has 3 rings (SSSR count). The third kappa shape index (κ3) is 3.97. The summed E-state index contributed by atoms with van der Waals surface area (Å²) in [6, 6.07) is 20.6. The van der Waals surface area contributed by atoms with E-state index in [4.69, 9.17) is 9.26 Å². The molecule has 1 N–H and O–H groups in total. The third-order valence-electron chi connectivity index (χ3n) is 3.20. The molecule has 0 unspecified atom stereocenters. The van der Waals surface area contributed by atoms with Gasteiger partial charge in [0.05, 0.1) is 6.54 Å². The minimum atomic E-state index is -0.285. The van der Waals surface area contributed by atoms with Gasteiger partial charge in [0.25, 0.3) is 5.91 Å². The molecule has 2 aromatic carbocycles. The number of rotatable bonds is 6. The van der Waals surface area contributed by atoms with Crippen LogP contribution in [0.4, 0.5) is 0 Å². The van der Waals surface area contributed by atoms with Crippen LogP contribution in [0.5, 0.6) is 5.75 Å². The second-order valence-corrected chi connectivity index (χ2v) is 4.86. The second-order valence-electron chi connectivity index (χ2n) is 4.86. The Labute approximate surface area is 133 Å². The van der Waals surface area contributed by atoms with Crippen LogP contribution in [-0.4, -0.2) is 24.2 Å². The predicted molar refractivity (Wildman–Crippen MR) is 86.2 cm³/mol. The first-order valence-corrected chi connectivity index (χ1v) is 7.31. The zero-order valence-electron chi connectivity index (χ0n) is 12.4. The smallest absolute Gasteiger partial charge is 0.273 e. The van der Waals surface area contributed by atoms with Crippen LogP contribution in [0.15, 0.2) is 71.3 Å². The van der Waals surface area contributed by atoms with Crippen LogP contribution in [0, 0.1) is 0 Å². The van der Waals surface area contributed by atoms with Crippen LogP contribution >= 0.6 is 0 Å². The highest BCUT2D eigenvalue weighted by Gasteiger charge is 2.13. The van der Waals surface area contributed by atoms with E-state index in [9.17, 15) is 4.79 Å². The van der Waals surface area contributed by atoms with Gasteiger partial charge in [0, 0.05) is 11.6 Å². The van der Waals surface area contributed by atoms with Crippen molar-refractivity contribution in [2.75, 3.05) is 13.2 Å². The predicted octanol–water partition coefficient (Wildman–Crippen LogP) is 3.15. The van der Waals surface area contributed by atoms with E-state index in [-0.39, 0.29) is 11.6 Å². The van der Waals surface area contributed by atoms with Crippen LogP contribution in [0.2, 0.25) is 0 Å². The SMILES string of the molecule is O=C(NCCOc1ccccc1)c1cc(-c2ccccc2)on1. The van der Waals surface area contributed by atoms with Gasteiger partial charge in [-0.15, -0.1) is 0 Å². The number of carbonyl (C=O) groups is 1. The van der Waals surface area contributed by atoms with Crippen molar-refractivity contribution >= 4 is 5.91 Å². The van der Waals surface area contributed by atoms with Crippen molar-refractivity contribution in [1.29, 1.82) is 0 Å². The Bertz CT molecular complexity index is 754. The molecule has 0 aliphatic heterocycles. The zero-order chi connectivity index (χ0) is 15.9. The maximum Gasteiger partial charge on any atom is 0.273 e. The van der Waals surface area contributed by atoms with Crippen molar-refractivity contribution in [3.05, 3.63) is 72.4 Å². The van der Waals surface area contributed by atoms with Gasteiger partial charge in [-0.2, -0.15) is 0 Å². The quantitative estimate of drug-likeness (QED) is 0.710. The summed E-state index contributed by atoms with van der Waals surface area (Å²) in [5.74, 6) is 1.05. The molecule has 0 saturated carbocycles. The lowest BCUT2D eigenvalue weighted by Crippen LogP contribution is -2.28. The molecule has 0 saturated heterocycles. The number of hydrogen-bond donors (Lipinski definition) is 1. The molecule has 0 radical (unpaired) electrons. The summed E-state index contributed by atoms with van der Waals surface area (Å²) >= 11 is 0. The molecule has 1 aromatic heterocycles. The molecule has 0 spiro atoms. The fourth-order valence-corrected chi connectivity index (χ4v) is 2.06. The molecule has 1 heterocycles. The summed E-state index contributed by atoms with van der Waals surface area (Å²) < 4.78 is 10.7. The van der Waals surface area contributed by atoms with E-state index >= 15 is 0 Å². The van der Waals surface area contributed by atoms with Crippen molar-refractivity contribution in [3.8, 4) is 17.1 Å². The third-order valence-corrected chi connectivity index (χ3v) is 3.20. The van der Waals surface area contributed by atoms with Gasteiger partial charge < -0.3 is 14.6 Å². The first-order chi connectivity index (χ1) is 11.3. The highest BCUT2D eigenvalue weighted by molar-refractivity contribution is 5.93. The first kappa shape index (κ1) is 14.8. The Morgan fingerprint density at radius 2 is 1.74 bits per heavy atom. The molecule has 0 aliphatic carbocycles. The number of nitrogens with one attached hydrogen (secondary N) is 1. The molecule has 5 nitrogen and oxygen atoms in total. The number of carbonyl (C=O) groups excluding carboxylic acids is 1. The lowest BCUT2D eigenvalue weighted by molar-refractivity contribution is 0.0938. The van der Waals surface area contributed by atoms with Crippen molar-refractivity contribution in [2.45, 2.75) is 0 Å². The van der Waals surface area contributed by atoms with Gasteiger partial charge in [-0.1, -0.05) is 53.7 Å². The van der Waals surface area contributed by atoms with Crippen molar-refractivity contribution in [2.24, 2.45) is 0 Å². The van der Waals surface area contributed by atoms with E-state index in [1.54, 1.807) is 6.07 Å². The average molecular weight is 308 g/mol. The van der Waals surface area contributed by atoms with Gasteiger partial charge >= 0.3 is 0 Å². The number of benzene rings is 2. The molecule has 0 fully saturated rings. The maximum atomic E-state index is 12.0. The highest BCUT2D eigenvalue weighted by Crippen LogP contribution is 2.19. The fraction of sp³-hybridized carbons (Fsp3) is 0.111. The molecule has 5 heteroatoms. The molecular formula is C18H16N2O3. The van der Waals surface area contributed by atoms with Crippen molar-refractivity contribution in [1.82, 2.24) is 10.5 Å². The average Bonchev–Trinajstić information content (AvgIpc) is 3.10. The lowest BCUT2D eigenvalue weighted by atomic mass is 10.1. The first-order valence-electron chi connectivity index (χ1n) is 7.31. The summed E-state index contributed by atoms with van der Waals surface area (Å²) in [6.45, 7) is 0.778. The minimum Gasteiger partial charge on any atom is -0.492 e. The summed E-state index contributed by atoms with van der Waals surface area (Å²) in [6.07, 6.45) is 0. The molecule has 23 heavy (non-hydrogen) atoms. The van der Waals surface area contributed by atoms with E-state index in [1.807, 2.05) is 60.7 Å². The Morgan fingerprint density at radius 1 is 1.04 bits per heavy atom. The highest BCUT2D eigenvalue weighted by atomic mass is 16.5. The van der Waals surface area contributed by atoms with E-state index < -0.39 is 0 Å². The molecule has 3 aromatic rings. The topological polar surface area (TPSA) is 64.4 Å².